The van der Waals surface area contributed by atoms with Gasteiger partial charge < -0.3 is 4.90 Å². The van der Waals surface area contributed by atoms with E-state index in [9.17, 15) is 0 Å². The van der Waals surface area contributed by atoms with E-state index >= 15 is 0 Å². The summed E-state index contributed by atoms with van der Waals surface area (Å²) in [5.41, 5.74) is 4.40. The van der Waals surface area contributed by atoms with Gasteiger partial charge in [0.2, 0.25) is 0 Å². The van der Waals surface area contributed by atoms with Gasteiger partial charge in [-0.1, -0.05) is 32.0 Å². The Balaban J connectivity index is 3.18. The van der Waals surface area contributed by atoms with Crippen molar-refractivity contribution in [2.75, 3.05) is 11.9 Å². The zero-order valence-electron chi connectivity index (χ0n) is 11.6. The van der Waals surface area contributed by atoms with Crippen LogP contribution in [0.15, 0.2) is 18.2 Å². The molecule has 0 fully saturated rings. The number of para-hydroxylation sites is 1. The van der Waals surface area contributed by atoms with E-state index in [0.717, 1.165) is 0 Å². The van der Waals surface area contributed by atoms with Crippen LogP contribution in [0, 0.1) is 13.8 Å². The predicted octanol–water partition coefficient (Wildman–Crippen LogP) is 4.32. The van der Waals surface area contributed by atoms with Crippen LogP contribution in [-0.2, 0) is 0 Å². The van der Waals surface area contributed by atoms with E-state index in [1.54, 1.807) is 0 Å². The second kappa shape index (κ2) is 4.90. The molecule has 0 saturated heterocycles. The maximum Gasteiger partial charge on any atom is 0.0427 e. The fourth-order valence-corrected chi connectivity index (χ4v) is 2.33. The molecular formula is C15H25N. The average Bonchev–Trinajstić information content (AvgIpc) is 2.27. The number of rotatable bonds is 4. The normalized spacial score (nSPS) is 11.6. The molecule has 1 rings (SSSR count). The molecule has 0 aliphatic heterocycles. The molecule has 0 bridgehead atoms. The third-order valence-corrected chi connectivity index (χ3v) is 4.11. The molecule has 0 saturated carbocycles. The van der Waals surface area contributed by atoms with E-state index in [2.05, 4.69) is 64.8 Å². The lowest BCUT2D eigenvalue weighted by Gasteiger charge is -2.41. The zero-order valence-corrected chi connectivity index (χ0v) is 11.6. The summed E-state index contributed by atoms with van der Waals surface area (Å²) in [7, 11) is 2.22. The lowest BCUT2D eigenvalue weighted by Crippen LogP contribution is -2.43. The maximum absolute atomic E-state index is 2.46. The number of nitrogens with zero attached hydrogens (tertiary/aromatic N) is 1. The monoisotopic (exact) mass is 219 g/mol. The zero-order chi connectivity index (χ0) is 12.3. The summed E-state index contributed by atoms with van der Waals surface area (Å²) >= 11 is 0. The second-order valence-electron chi connectivity index (χ2n) is 5.00. The van der Waals surface area contributed by atoms with Crippen molar-refractivity contribution < 1.29 is 0 Å². The van der Waals surface area contributed by atoms with Crippen molar-refractivity contribution in [1.29, 1.82) is 0 Å². The summed E-state index contributed by atoms with van der Waals surface area (Å²) in [5, 5.41) is 0. The Morgan fingerprint density at radius 2 is 1.50 bits per heavy atom. The molecule has 0 unspecified atom stereocenters. The lowest BCUT2D eigenvalue weighted by molar-refractivity contribution is 0.412. The Labute approximate surface area is 100 Å². The van der Waals surface area contributed by atoms with Crippen LogP contribution in [0.1, 0.15) is 44.7 Å². The van der Waals surface area contributed by atoms with E-state index < -0.39 is 0 Å². The Bertz CT molecular complexity index is 330. The Kier molecular flexibility index (Phi) is 4.01. The van der Waals surface area contributed by atoms with Gasteiger partial charge in [0.05, 0.1) is 0 Å². The van der Waals surface area contributed by atoms with Gasteiger partial charge in [0, 0.05) is 18.3 Å². The highest BCUT2D eigenvalue weighted by molar-refractivity contribution is 5.59. The second-order valence-corrected chi connectivity index (χ2v) is 5.00. The summed E-state index contributed by atoms with van der Waals surface area (Å²) in [6, 6.07) is 6.53. The maximum atomic E-state index is 2.46. The smallest absolute Gasteiger partial charge is 0.0427 e. The molecule has 90 valence electrons. The third-order valence-electron chi connectivity index (χ3n) is 4.11. The summed E-state index contributed by atoms with van der Waals surface area (Å²) in [6.07, 6.45) is 2.35. The summed E-state index contributed by atoms with van der Waals surface area (Å²) in [6.45, 7) is 11.3. The molecule has 0 amide bonds. The standard InChI is InChI=1S/C15H25N/c1-7-15(5,8-2)16(6)14-12(3)10-9-11-13(14)4/h9-11H,7-8H2,1-6H3. The Morgan fingerprint density at radius 1 is 1.06 bits per heavy atom. The molecule has 0 heterocycles. The van der Waals surface area contributed by atoms with E-state index in [4.69, 9.17) is 0 Å². The molecule has 0 N–H and O–H groups in total. The highest BCUT2D eigenvalue weighted by atomic mass is 15.2. The molecule has 0 spiro atoms. The first-order valence-electron chi connectivity index (χ1n) is 6.26. The number of hydrogen-bond donors (Lipinski definition) is 0. The van der Waals surface area contributed by atoms with E-state index in [1.807, 2.05) is 0 Å². The molecule has 0 atom stereocenters. The van der Waals surface area contributed by atoms with Crippen molar-refractivity contribution in [3.63, 3.8) is 0 Å². The number of benzene rings is 1. The van der Waals surface area contributed by atoms with Crippen LogP contribution < -0.4 is 4.90 Å². The molecule has 0 aliphatic carbocycles. The van der Waals surface area contributed by atoms with Crippen LogP contribution in [0.3, 0.4) is 0 Å². The highest BCUT2D eigenvalue weighted by Gasteiger charge is 2.26. The van der Waals surface area contributed by atoms with Gasteiger partial charge in [-0.05, 0) is 44.7 Å². The molecule has 16 heavy (non-hydrogen) atoms. The van der Waals surface area contributed by atoms with Crippen molar-refractivity contribution in [2.24, 2.45) is 0 Å². The average molecular weight is 219 g/mol. The van der Waals surface area contributed by atoms with Crippen LogP contribution in [-0.4, -0.2) is 12.6 Å². The highest BCUT2D eigenvalue weighted by Crippen LogP contribution is 2.32. The summed E-state index contributed by atoms with van der Waals surface area (Å²) < 4.78 is 0. The van der Waals surface area contributed by atoms with Gasteiger partial charge in [0.1, 0.15) is 0 Å². The molecule has 0 aromatic heterocycles. The van der Waals surface area contributed by atoms with E-state index in [1.165, 1.54) is 29.7 Å². The van der Waals surface area contributed by atoms with E-state index in [0.29, 0.717) is 0 Å². The van der Waals surface area contributed by atoms with Gasteiger partial charge in [-0.3, -0.25) is 0 Å². The molecule has 1 aromatic rings. The predicted molar refractivity (Wildman–Crippen MR) is 73.3 cm³/mol. The fourth-order valence-electron chi connectivity index (χ4n) is 2.33. The van der Waals surface area contributed by atoms with Gasteiger partial charge in [-0.15, -0.1) is 0 Å². The Hall–Kier alpha value is -0.980. The van der Waals surface area contributed by atoms with Crippen molar-refractivity contribution in [2.45, 2.75) is 53.0 Å². The van der Waals surface area contributed by atoms with Crippen molar-refractivity contribution in [1.82, 2.24) is 0 Å². The van der Waals surface area contributed by atoms with Crippen LogP contribution in [0.2, 0.25) is 0 Å². The van der Waals surface area contributed by atoms with E-state index in [-0.39, 0.29) is 5.54 Å². The van der Waals surface area contributed by atoms with Gasteiger partial charge in [-0.2, -0.15) is 0 Å². The lowest BCUT2D eigenvalue weighted by atomic mass is 9.91. The largest absolute Gasteiger partial charge is 0.369 e. The van der Waals surface area contributed by atoms with Crippen molar-refractivity contribution in [3.05, 3.63) is 29.3 Å². The summed E-state index contributed by atoms with van der Waals surface area (Å²) in [4.78, 5) is 2.46. The molecule has 0 aliphatic rings. The van der Waals surface area contributed by atoms with Gasteiger partial charge in [-0.25, -0.2) is 0 Å². The van der Waals surface area contributed by atoms with Gasteiger partial charge >= 0.3 is 0 Å². The van der Waals surface area contributed by atoms with Crippen LogP contribution in [0.25, 0.3) is 0 Å². The van der Waals surface area contributed by atoms with Crippen molar-refractivity contribution >= 4 is 5.69 Å². The molecule has 1 nitrogen and oxygen atoms in total. The SMILES string of the molecule is CCC(C)(CC)N(C)c1c(C)cccc1C. The topological polar surface area (TPSA) is 3.24 Å². The quantitative estimate of drug-likeness (QED) is 0.729. The molecule has 1 aromatic carbocycles. The minimum absolute atomic E-state index is 0.261. The third kappa shape index (κ3) is 2.23. The van der Waals surface area contributed by atoms with Crippen LogP contribution in [0.5, 0.6) is 0 Å². The first-order chi connectivity index (χ1) is 7.46. The Morgan fingerprint density at radius 3 is 1.88 bits per heavy atom. The van der Waals surface area contributed by atoms with Crippen LogP contribution in [0.4, 0.5) is 5.69 Å². The fraction of sp³-hybridized carbons (Fsp3) is 0.600. The number of anilines is 1. The first kappa shape index (κ1) is 13.1. The van der Waals surface area contributed by atoms with Crippen LogP contribution >= 0.6 is 0 Å². The minimum Gasteiger partial charge on any atom is -0.369 e. The molecule has 1 heteroatoms. The van der Waals surface area contributed by atoms with Crippen molar-refractivity contribution in [3.8, 4) is 0 Å². The molecular weight excluding hydrogens is 194 g/mol. The first-order valence-corrected chi connectivity index (χ1v) is 6.26. The minimum atomic E-state index is 0.261. The number of aryl methyl sites for hydroxylation is 2. The summed E-state index contributed by atoms with van der Waals surface area (Å²) in [5.74, 6) is 0. The number of hydrogen-bond acceptors (Lipinski definition) is 1. The van der Waals surface area contributed by atoms with Gasteiger partial charge in [0.25, 0.3) is 0 Å². The molecule has 0 radical (unpaired) electrons. The van der Waals surface area contributed by atoms with Gasteiger partial charge in [0.15, 0.2) is 0 Å².